The number of hydrogen-bond donors (Lipinski definition) is 1. The first-order chi connectivity index (χ1) is 16.5. The number of nitrogens with two attached hydrogens (primary N) is 1. The summed E-state index contributed by atoms with van der Waals surface area (Å²) < 4.78 is 48.7. The minimum atomic E-state index is -4.56. The summed E-state index contributed by atoms with van der Waals surface area (Å²) in [5.74, 6) is 1.92. The van der Waals surface area contributed by atoms with E-state index in [9.17, 15) is 13.2 Å². The van der Waals surface area contributed by atoms with Crippen LogP contribution in [0.5, 0.6) is 11.8 Å². The number of aromatic nitrogens is 5. The lowest BCUT2D eigenvalue weighted by Crippen LogP contribution is -2.49. The van der Waals surface area contributed by atoms with E-state index in [0.717, 1.165) is 49.6 Å². The van der Waals surface area contributed by atoms with Crippen LogP contribution in [0.1, 0.15) is 44.0 Å². The Morgan fingerprint density at radius 3 is 2.40 bits per heavy atom. The number of anilines is 1. The van der Waals surface area contributed by atoms with Crippen molar-refractivity contribution in [2.24, 2.45) is 17.6 Å². The maximum absolute atomic E-state index is 13.3. The number of alkyl halides is 3. The molecule has 2 atom stereocenters. The van der Waals surface area contributed by atoms with Gasteiger partial charge in [0, 0.05) is 30.2 Å². The van der Waals surface area contributed by atoms with Gasteiger partial charge < -0.3 is 15.4 Å². The molecular weight excluding hydrogens is 483 g/mol. The average Bonchev–Trinajstić information content (AvgIpc) is 3.40. The zero-order valence-electron chi connectivity index (χ0n) is 19.6. The minimum absolute atomic E-state index is 0.0465. The van der Waals surface area contributed by atoms with Crippen molar-refractivity contribution >= 4 is 17.4 Å². The Hall–Kier alpha value is -2.79. The highest BCUT2D eigenvalue weighted by Crippen LogP contribution is 2.39. The quantitative estimate of drug-likeness (QED) is 0.521. The molecule has 2 N–H and O–H groups in total. The van der Waals surface area contributed by atoms with E-state index >= 15 is 0 Å². The zero-order valence-corrected chi connectivity index (χ0v) is 20.4. The molecule has 3 heterocycles. The summed E-state index contributed by atoms with van der Waals surface area (Å²) in [6.45, 7) is 7.32. The van der Waals surface area contributed by atoms with Crippen LogP contribution in [0, 0.1) is 18.8 Å². The molecule has 3 aromatic rings. The summed E-state index contributed by atoms with van der Waals surface area (Å²) in [6.07, 6.45) is -2.32. The number of hydrogen-bond acceptors (Lipinski definition) is 6. The molecule has 0 radical (unpaired) electrons. The smallest absolute Gasteiger partial charge is 0.416 e. The Kier molecular flexibility index (Phi) is 5.95. The first kappa shape index (κ1) is 23.9. The molecule has 8 nitrogen and oxygen atoms in total. The average molecular weight is 510 g/mol. The van der Waals surface area contributed by atoms with Crippen LogP contribution in [-0.4, -0.2) is 43.7 Å². The molecule has 5 rings (SSSR count). The zero-order chi connectivity index (χ0) is 25.1. The van der Waals surface area contributed by atoms with Gasteiger partial charge >= 0.3 is 12.2 Å². The lowest BCUT2D eigenvalue weighted by Gasteiger charge is -2.37. The third-order valence-corrected chi connectivity index (χ3v) is 6.94. The summed E-state index contributed by atoms with van der Waals surface area (Å²) in [5, 5.41) is 9.10. The second-order valence-corrected chi connectivity index (χ2v) is 10.1. The highest BCUT2D eigenvalue weighted by atomic mass is 35.5. The number of piperidine rings is 1. The Labute approximate surface area is 205 Å². The third kappa shape index (κ3) is 4.58. The molecule has 12 heteroatoms. The summed E-state index contributed by atoms with van der Waals surface area (Å²) >= 11 is 5.92. The monoisotopic (exact) mass is 509 g/mol. The van der Waals surface area contributed by atoms with Crippen LogP contribution < -0.4 is 15.4 Å². The van der Waals surface area contributed by atoms with Crippen molar-refractivity contribution in [1.29, 1.82) is 0 Å². The van der Waals surface area contributed by atoms with Crippen molar-refractivity contribution < 1.29 is 17.9 Å². The number of aryl methyl sites for hydroxylation is 1. The van der Waals surface area contributed by atoms with Gasteiger partial charge in [-0.3, -0.25) is 0 Å². The maximum atomic E-state index is 13.3. The van der Waals surface area contributed by atoms with E-state index in [0.29, 0.717) is 11.8 Å². The van der Waals surface area contributed by atoms with E-state index in [2.05, 4.69) is 20.1 Å². The van der Waals surface area contributed by atoms with Crippen LogP contribution >= 0.6 is 11.6 Å². The van der Waals surface area contributed by atoms with Crippen molar-refractivity contribution in [1.82, 2.24) is 24.5 Å². The summed E-state index contributed by atoms with van der Waals surface area (Å²) in [7, 11) is 0. The summed E-state index contributed by atoms with van der Waals surface area (Å²) in [4.78, 5) is 6.78. The number of benzene rings is 1. The molecule has 1 aliphatic heterocycles. The number of nitrogens with zero attached hydrogens (tertiary/aromatic N) is 6. The second-order valence-electron chi connectivity index (χ2n) is 9.64. The molecule has 0 amide bonds. The molecule has 1 saturated heterocycles. The van der Waals surface area contributed by atoms with E-state index in [4.69, 9.17) is 22.1 Å². The molecule has 2 aromatic heterocycles. The van der Waals surface area contributed by atoms with Gasteiger partial charge in [-0.1, -0.05) is 11.6 Å². The van der Waals surface area contributed by atoms with E-state index in [-0.39, 0.29) is 34.8 Å². The number of halogens is 4. The SMILES string of the molecule is Cc1cc(N2CC3CCC(C2)C3N)n(-c2nc(Oc3cc(Cl)cc(C(F)(F)F)c3)n(C(C)C)n2)n1. The fourth-order valence-electron chi connectivity index (χ4n) is 4.99. The summed E-state index contributed by atoms with van der Waals surface area (Å²) in [6, 6.07) is 5.14. The predicted molar refractivity (Wildman–Crippen MR) is 125 cm³/mol. The normalized spacial score (nSPS) is 22.3. The first-order valence-corrected chi connectivity index (χ1v) is 12.0. The van der Waals surface area contributed by atoms with Crippen LogP contribution in [0.2, 0.25) is 5.02 Å². The van der Waals surface area contributed by atoms with Crippen LogP contribution in [0.25, 0.3) is 5.95 Å². The molecule has 2 bridgehead atoms. The molecule has 1 saturated carbocycles. The largest absolute Gasteiger partial charge is 0.424 e. The van der Waals surface area contributed by atoms with Crippen molar-refractivity contribution in [3.63, 3.8) is 0 Å². The molecule has 1 aliphatic carbocycles. The fourth-order valence-corrected chi connectivity index (χ4v) is 5.22. The Bertz CT molecular complexity index is 1220. The van der Waals surface area contributed by atoms with Crippen LogP contribution in [-0.2, 0) is 6.18 Å². The van der Waals surface area contributed by atoms with Gasteiger partial charge in [-0.15, -0.1) is 5.10 Å². The Morgan fingerprint density at radius 1 is 1.09 bits per heavy atom. The van der Waals surface area contributed by atoms with E-state index < -0.39 is 11.7 Å². The predicted octanol–water partition coefficient (Wildman–Crippen LogP) is 4.99. The Morgan fingerprint density at radius 2 is 1.77 bits per heavy atom. The van der Waals surface area contributed by atoms with Crippen molar-refractivity contribution in [2.45, 2.75) is 51.9 Å². The van der Waals surface area contributed by atoms with Crippen LogP contribution in [0.15, 0.2) is 24.3 Å². The molecule has 35 heavy (non-hydrogen) atoms. The van der Waals surface area contributed by atoms with Crippen molar-refractivity contribution in [3.05, 3.63) is 40.5 Å². The van der Waals surface area contributed by atoms with Gasteiger partial charge in [0.25, 0.3) is 5.95 Å². The highest BCUT2D eigenvalue weighted by molar-refractivity contribution is 6.30. The lowest BCUT2D eigenvalue weighted by molar-refractivity contribution is -0.137. The van der Waals surface area contributed by atoms with Gasteiger partial charge in [0.15, 0.2) is 0 Å². The van der Waals surface area contributed by atoms with Gasteiger partial charge in [0.05, 0.1) is 17.3 Å². The third-order valence-electron chi connectivity index (χ3n) is 6.72. The van der Waals surface area contributed by atoms with Crippen molar-refractivity contribution in [3.8, 4) is 17.7 Å². The van der Waals surface area contributed by atoms with Gasteiger partial charge in [-0.25, -0.2) is 4.68 Å². The number of rotatable bonds is 5. The molecular formula is C23H27ClF3N7O. The van der Waals surface area contributed by atoms with Gasteiger partial charge in [0.1, 0.15) is 11.6 Å². The lowest BCUT2D eigenvalue weighted by atomic mass is 9.93. The van der Waals surface area contributed by atoms with Gasteiger partial charge in [0.2, 0.25) is 0 Å². The molecule has 1 aromatic carbocycles. The standard InChI is InChI=1S/C23H27ClF3N7O/c1-12(2)33-22(35-18-8-16(23(25,26)27)7-17(24)9-18)29-21(31-33)34-19(6-13(3)30-34)32-10-14-4-5-15(11-32)20(14)28/h6-9,12,14-15,20H,4-5,10-11,28H2,1-3H3. The Balaban J connectivity index is 1.50. The minimum Gasteiger partial charge on any atom is -0.424 e. The molecule has 188 valence electrons. The van der Waals surface area contributed by atoms with Gasteiger partial charge in [-0.2, -0.15) is 27.9 Å². The molecule has 2 fully saturated rings. The summed E-state index contributed by atoms with van der Waals surface area (Å²) in [5.41, 5.74) is 6.28. The van der Waals surface area contributed by atoms with Crippen LogP contribution in [0.4, 0.5) is 19.0 Å². The fraction of sp³-hybridized carbons (Fsp3) is 0.522. The van der Waals surface area contributed by atoms with E-state index in [1.165, 1.54) is 10.7 Å². The number of fused-ring (bicyclic) bond motifs is 2. The molecule has 2 aliphatic rings. The van der Waals surface area contributed by atoms with Gasteiger partial charge in [-0.05, 0) is 63.6 Å². The van der Waals surface area contributed by atoms with E-state index in [1.54, 1.807) is 4.68 Å². The van der Waals surface area contributed by atoms with Crippen molar-refractivity contribution in [2.75, 3.05) is 18.0 Å². The molecule has 0 spiro atoms. The topological polar surface area (TPSA) is 87.0 Å². The highest BCUT2D eigenvalue weighted by Gasteiger charge is 2.41. The first-order valence-electron chi connectivity index (χ1n) is 11.6. The number of ether oxygens (including phenoxy) is 1. The van der Waals surface area contributed by atoms with E-state index in [1.807, 2.05) is 26.8 Å². The second kappa shape index (κ2) is 8.70. The van der Waals surface area contributed by atoms with Crippen LogP contribution in [0.3, 0.4) is 0 Å². The maximum Gasteiger partial charge on any atom is 0.416 e. The molecule has 2 unspecified atom stereocenters.